The maximum atomic E-state index is 8.65. The highest BCUT2D eigenvalue weighted by Crippen LogP contribution is 2.24. The van der Waals surface area contributed by atoms with E-state index in [-0.39, 0.29) is 6.10 Å². The van der Waals surface area contributed by atoms with Crippen molar-refractivity contribution in [2.45, 2.75) is 19.4 Å². The third-order valence-electron chi connectivity index (χ3n) is 3.23. The molecular formula is C17H18N2O. The van der Waals surface area contributed by atoms with Gasteiger partial charge in [0, 0.05) is 6.54 Å². The number of benzene rings is 2. The first kappa shape index (κ1) is 14.1. The molecule has 2 aromatic carbocycles. The molecule has 102 valence electrons. The highest BCUT2D eigenvalue weighted by Gasteiger charge is 2.13. The van der Waals surface area contributed by atoms with E-state index < -0.39 is 0 Å². The molecule has 0 aliphatic rings. The largest absolute Gasteiger partial charge is 0.484 e. The van der Waals surface area contributed by atoms with E-state index in [0.717, 1.165) is 16.9 Å². The van der Waals surface area contributed by atoms with E-state index in [1.165, 1.54) is 5.56 Å². The molecule has 0 spiro atoms. The summed E-state index contributed by atoms with van der Waals surface area (Å²) in [6.07, 6.45) is 0.260. The molecule has 3 nitrogen and oxygen atoms in total. The highest BCUT2D eigenvalue weighted by molar-refractivity contribution is 5.32. The third-order valence-corrected chi connectivity index (χ3v) is 3.23. The van der Waals surface area contributed by atoms with Gasteiger partial charge in [-0.3, -0.25) is 0 Å². The van der Waals surface area contributed by atoms with Crippen LogP contribution in [0.3, 0.4) is 0 Å². The Hall–Kier alpha value is -2.31. The van der Waals surface area contributed by atoms with Crippen molar-refractivity contribution in [2.24, 2.45) is 5.73 Å². The third kappa shape index (κ3) is 3.37. The van der Waals surface area contributed by atoms with E-state index in [1.807, 2.05) is 42.5 Å². The van der Waals surface area contributed by atoms with Crippen LogP contribution in [0.25, 0.3) is 0 Å². The molecule has 3 heteroatoms. The zero-order chi connectivity index (χ0) is 14.4. The summed E-state index contributed by atoms with van der Waals surface area (Å²) in [5.74, 6) is 0.769. The second-order valence-corrected chi connectivity index (χ2v) is 4.68. The Balaban J connectivity index is 2.14. The zero-order valence-electron chi connectivity index (χ0n) is 11.5. The molecule has 0 bridgehead atoms. The van der Waals surface area contributed by atoms with Crippen molar-refractivity contribution >= 4 is 0 Å². The van der Waals surface area contributed by atoms with E-state index in [4.69, 9.17) is 15.7 Å². The Bertz CT molecular complexity index is 599. The molecule has 0 heterocycles. The minimum absolute atomic E-state index is 0.155. The van der Waals surface area contributed by atoms with Crippen LogP contribution >= 0.6 is 0 Å². The average Bonchev–Trinajstić information content (AvgIpc) is 2.48. The van der Waals surface area contributed by atoms with Crippen LogP contribution in [0.2, 0.25) is 0 Å². The molecule has 0 saturated carbocycles. The van der Waals surface area contributed by atoms with Gasteiger partial charge >= 0.3 is 0 Å². The van der Waals surface area contributed by atoms with Gasteiger partial charge in [0.05, 0.1) is 12.5 Å². The SMILES string of the molecule is Cc1ccccc1C(CN)Oc1ccc(CC#N)cc1. The number of aryl methyl sites for hydroxylation is 1. The van der Waals surface area contributed by atoms with Crippen molar-refractivity contribution in [3.05, 3.63) is 65.2 Å². The van der Waals surface area contributed by atoms with Crippen LogP contribution in [-0.2, 0) is 6.42 Å². The Morgan fingerprint density at radius 2 is 1.85 bits per heavy atom. The number of rotatable bonds is 5. The molecule has 1 atom stereocenters. The minimum atomic E-state index is -0.155. The minimum Gasteiger partial charge on any atom is -0.484 e. The van der Waals surface area contributed by atoms with Crippen molar-refractivity contribution < 1.29 is 4.74 Å². The molecule has 0 aliphatic heterocycles. The van der Waals surface area contributed by atoms with Gasteiger partial charge in [-0.1, -0.05) is 36.4 Å². The molecule has 0 saturated heterocycles. The summed E-state index contributed by atoms with van der Waals surface area (Å²) in [6.45, 7) is 2.47. The summed E-state index contributed by atoms with van der Waals surface area (Å²) >= 11 is 0. The standard InChI is InChI=1S/C17H18N2O/c1-13-4-2-3-5-16(13)17(12-19)20-15-8-6-14(7-9-15)10-11-18/h2-9,17H,10,12,19H2,1H3. The normalized spacial score (nSPS) is 11.7. The Kier molecular flexibility index (Phi) is 4.75. The van der Waals surface area contributed by atoms with Crippen molar-refractivity contribution in [1.82, 2.24) is 0 Å². The lowest BCUT2D eigenvalue weighted by atomic mass is 10.0. The molecular weight excluding hydrogens is 248 g/mol. The van der Waals surface area contributed by atoms with Crippen LogP contribution in [0.5, 0.6) is 5.75 Å². The fourth-order valence-corrected chi connectivity index (χ4v) is 2.13. The highest BCUT2D eigenvalue weighted by atomic mass is 16.5. The van der Waals surface area contributed by atoms with Gasteiger partial charge in [0.25, 0.3) is 0 Å². The van der Waals surface area contributed by atoms with Crippen molar-refractivity contribution in [1.29, 1.82) is 5.26 Å². The van der Waals surface area contributed by atoms with Crippen LogP contribution < -0.4 is 10.5 Å². The van der Waals surface area contributed by atoms with Gasteiger partial charge in [-0.2, -0.15) is 5.26 Å². The van der Waals surface area contributed by atoms with E-state index in [1.54, 1.807) is 0 Å². The van der Waals surface area contributed by atoms with Crippen LogP contribution in [0.4, 0.5) is 0 Å². The molecule has 1 unspecified atom stereocenters. The maximum absolute atomic E-state index is 8.65. The summed E-state index contributed by atoms with van der Waals surface area (Å²) in [5, 5.41) is 8.65. The van der Waals surface area contributed by atoms with Gasteiger partial charge in [-0.15, -0.1) is 0 Å². The molecule has 0 fully saturated rings. The lowest BCUT2D eigenvalue weighted by Gasteiger charge is -2.19. The van der Waals surface area contributed by atoms with E-state index in [0.29, 0.717) is 13.0 Å². The van der Waals surface area contributed by atoms with Gasteiger partial charge in [-0.25, -0.2) is 0 Å². The van der Waals surface area contributed by atoms with Crippen molar-refractivity contribution in [3.63, 3.8) is 0 Å². The van der Waals surface area contributed by atoms with Gasteiger partial charge in [0.1, 0.15) is 11.9 Å². The number of nitrogens with zero attached hydrogens (tertiary/aromatic N) is 1. The van der Waals surface area contributed by atoms with Gasteiger partial charge in [0.15, 0.2) is 0 Å². The van der Waals surface area contributed by atoms with Crippen LogP contribution in [-0.4, -0.2) is 6.54 Å². The van der Waals surface area contributed by atoms with Crippen LogP contribution in [0, 0.1) is 18.3 Å². The van der Waals surface area contributed by atoms with Gasteiger partial charge in [0.2, 0.25) is 0 Å². The summed E-state index contributed by atoms with van der Waals surface area (Å²) in [5.41, 5.74) is 9.10. The first-order valence-corrected chi connectivity index (χ1v) is 6.62. The molecule has 20 heavy (non-hydrogen) atoms. The fraction of sp³-hybridized carbons (Fsp3) is 0.235. The summed E-state index contributed by atoms with van der Waals surface area (Å²) in [6, 6.07) is 17.8. The Morgan fingerprint density at radius 1 is 1.15 bits per heavy atom. The first-order valence-electron chi connectivity index (χ1n) is 6.62. The maximum Gasteiger partial charge on any atom is 0.136 e. The Morgan fingerprint density at radius 3 is 2.45 bits per heavy atom. The number of nitrogens with two attached hydrogens (primary N) is 1. The van der Waals surface area contributed by atoms with Crippen LogP contribution in [0.1, 0.15) is 22.8 Å². The number of nitriles is 1. The summed E-state index contributed by atoms with van der Waals surface area (Å²) in [7, 11) is 0. The second kappa shape index (κ2) is 6.74. The topological polar surface area (TPSA) is 59.0 Å². The molecule has 0 radical (unpaired) electrons. The quantitative estimate of drug-likeness (QED) is 0.904. The molecule has 2 rings (SSSR count). The van der Waals surface area contributed by atoms with Crippen molar-refractivity contribution in [2.75, 3.05) is 6.54 Å². The van der Waals surface area contributed by atoms with Gasteiger partial charge in [-0.05, 0) is 35.7 Å². The summed E-state index contributed by atoms with van der Waals surface area (Å²) in [4.78, 5) is 0. The molecule has 0 aromatic heterocycles. The summed E-state index contributed by atoms with van der Waals surface area (Å²) < 4.78 is 5.96. The van der Waals surface area contributed by atoms with E-state index in [9.17, 15) is 0 Å². The lowest BCUT2D eigenvalue weighted by Crippen LogP contribution is -2.19. The first-order chi connectivity index (χ1) is 9.74. The van der Waals surface area contributed by atoms with E-state index >= 15 is 0 Å². The number of ether oxygens (including phenoxy) is 1. The predicted molar refractivity (Wildman–Crippen MR) is 79.4 cm³/mol. The average molecular weight is 266 g/mol. The molecule has 0 amide bonds. The monoisotopic (exact) mass is 266 g/mol. The van der Waals surface area contributed by atoms with Crippen LogP contribution in [0.15, 0.2) is 48.5 Å². The second-order valence-electron chi connectivity index (χ2n) is 4.68. The molecule has 2 N–H and O–H groups in total. The molecule has 0 aliphatic carbocycles. The number of hydrogen-bond acceptors (Lipinski definition) is 3. The predicted octanol–water partition coefficient (Wildman–Crippen LogP) is 3.14. The number of hydrogen-bond donors (Lipinski definition) is 1. The fourth-order valence-electron chi connectivity index (χ4n) is 2.13. The lowest BCUT2D eigenvalue weighted by molar-refractivity contribution is 0.213. The zero-order valence-corrected chi connectivity index (χ0v) is 11.5. The Labute approximate surface area is 119 Å². The smallest absolute Gasteiger partial charge is 0.136 e. The van der Waals surface area contributed by atoms with Crippen molar-refractivity contribution in [3.8, 4) is 11.8 Å². The molecule has 2 aromatic rings. The van der Waals surface area contributed by atoms with E-state index in [2.05, 4.69) is 19.1 Å². The van der Waals surface area contributed by atoms with Gasteiger partial charge < -0.3 is 10.5 Å².